The van der Waals surface area contributed by atoms with Crippen molar-refractivity contribution >= 4 is 0 Å². The van der Waals surface area contributed by atoms with Crippen molar-refractivity contribution in [2.45, 2.75) is 32.7 Å². The number of rotatable bonds is 4. The monoisotopic (exact) mass is 265 g/mol. The Morgan fingerprint density at radius 1 is 1.53 bits per heavy atom. The molecule has 0 saturated carbocycles. The van der Waals surface area contributed by atoms with Crippen molar-refractivity contribution in [3.05, 3.63) is 29.8 Å². The van der Waals surface area contributed by atoms with Gasteiger partial charge in [-0.1, -0.05) is 13.8 Å². The van der Waals surface area contributed by atoms with Gasteiger partial charge in [-0.3, -0.25) is 4.98 Å². The van der Waals surface area contributed by atoms with Crippen LogP contribution >= 0.6 is 0 Å². The average molecular weight is 265 g/mol. The first kappa shape index (κ1) is 14.4. The molecule has 4 heteroatoms. The summed E-state index contributed by atoms with van der Waals surface area (Å²) in [4.78, 5) is 6.58. The van der Waals surface area contributed by atoms with Gasteiger partial charge >= 0.3 is 0 Å². The predicted octanol–water partition coefficient (Wildman–Crippen LogP) is 2.59. The molecule has 3 atom stereocenters. The summed E-state index contributed by atoms with van der Waals surface area (Å²) in [5, 5.41) is 0. The highest BCUT2D eigenvalue weighted by Crippen LogP contribution is 2.22. The quantitative estimate of drug-likeness (QED) is 0.910. The Bertz CT molecular complexity index is 393. The van der Waals surface area contributed by atoms with E-state index in [2.05, 4.69) is 23.7 Å². The van der Waals surface area contributed by atoms with E-state index in [0.717, 1.165) is 31.2 Å². The van der Waals surface area contributed by atoms with E-state index < -0.39 is 0 Å². The van der Waals surface area contributed by atoms with Crippen LogP contribution in [0.3, 0.4) is 0 Å². The summed E-state index contributed by atoms with van der Waals surface area (Å²) in [6.45, 7) is 7.77. The first-order chi connectivity index (χ1) is 9.06. The van der Waals surface area contributed by atoms with E-state index in [0.29, 0.717) is 5.92 Å². The van der Waals surface area contributed by atoms with E-state index in [1.165, 1.54) is 25.1 Å². The molecule has 2 N–H and O–H groups in total. The third kappa shape index (κ3) is 3.98. The van der Waals surface area contributed by atoms with Crippen molar-refractivity contribution in [1.29, 1.82) is 0 Å². The first-order valence-electron chi connectivity index (χ1n) is 7.15. The summed E-state index contributed by atoms with van der Waals surface area (Å²) in [7, 11) is 0. The van der Waals surface area contributed by atoms with Gasteiger partial charge in [0.05, 0.1) is 17.9 Å². The number of hydrogen-bond acceptors (Lipinski definition) is 3. The van der Waals surface area contributed by atoms with Gasteiger partial charge in [0.25, 0.3) is 0 Å². The van der Waals surface area contributed by atoms with Crippen LogP contribution in [0.25, 0.3) is 0 Å². The molecular weight excluding hydrogens is 241 g/mol. The lowest BCUT2D eigenvalue weighted by molar-refractivity contribution is 0.154. The van der Waals surface area contributed by atoms with E-state index in [-0.39, 0.29) is 11.9 Å². The molecule has 1 aliphatic heterocycles. The zero-order chi connectivity index (χ0) is 13.8. The van der Waals surface area contributed by atoms with Gasteiger partial charge in [-0.05, 0) is 43.4 Å². The molecule has 106 valence electrons. The standard InChI is InChI=1S/C15H24FN3/c1-11-4-3-7-19(9-11)10-12(2)15(17)14-6-5-13(16)8-18-14/h5-6,8,11-12,15H,3-4,7,9-10,17H2,1-2H3. The maximum atomic E-state index is 12.9. The largest absolute Gasteiger partial charge is 0.322 e. The SMILES string of the molecule is CC1CCCN(CC(C)C(N)c2ccc(F)cn2)C1. The van der Waals surface area contributed by atoms with Crippen molar-refractivity contribution in [2.24, 2.45) is 17.6 Å². The molecule has 2 rings (SSSR count). The highest BCUT2D eigenvalue weighted by Gasteiger charge is 2.22. The number of pyridine rings is 1. The molecule has 1 aliphatic rings. The van der Waals surface area contributed by atoms with Crippen LogP contribution in [0.4, 0.5) is 4.39 Å². The van der Waals surface area contributed by atoms with Gasteiger partial charge in [-0.15, -0.1) is 0 Å². The lowest BCUT2D eigenvalue weighted by Gasteiger charge is -2.34. The number of aromatic nitrogens is 1. The van der Waals surface area contributed by atoms with Crippen LogP contribution < -0.4 is 5.73 Å². The summed E-state index contributed by atoms with van der Waals surface area (Å²) in [6.07, 6.45) is 3.85. The summed E-state index contributed by atoms with van der Waals surface area (Å²) < 4.78 is 12.9. The summed E-state index contributed by atoms with van der Waals surface area (Å²) in [5.41, 5.74) is 7.01. The van der Waals surface area contributed by atoms with E-state index in [9.17, 15) is 4.39 Å². The van der Waals surface area contributed by atoms with E-state index in [4.69, 9.17) is 5.73 Å². The second kappa shape index (κ2) is 6.44. The van der Waals surface area contributed by atoms with Gasteiger partial charge in [-0.2, -0.15) is 0 Å². The maximum Gasteiger partial charge on any atom is 0.141 e. The van der Waals surface area contributed by atoms with Crippen molar-refractivity contribution < 1.29 is 4.39 Å². The first-order valence-corrected chi connectivity index (χ1v) is 7.15. The van der Waals surface area contributed by atoms with Crippen LogP contribution in [0.2, 0.25) is 0 Å². The Balaban J connectivity index is 1.91. The van der Waals surface area contributed by atoms with Crippen LogP contribution in [-0.2, 0) is 0 Å². The van der Waals surface area contributed by atoms with E-state index in [1.54, 1.807) is 6.07 Å². The Kier molecular flexibility index (Phi) is 4.88. The third-order valence-corrected chi connectivity index (χ3v) is 3.99. The topological polar surface area (TPSA) is 42.1 Å². The second-order valence-electron chi connectivity index (χ2n) is 5.91. The number of halogens is 1. The fourth-order valence-electron chi connectivity index (χ4n) is 2.85. The summed E-state index contributed by atoms with van der Waals surface area (Å²) in [6, 6.07) is 2.99. The number of likely N-dealkylation sites (tertiary alicyclic amines) is 1. The van der Waals surface area contributed by atoms with Crippen molar-refractivity contribution in [3.8, 4) is 0 Å². The molecule has 1 fully saturated rings. The highest BCUT2D eigenvalue weighted by molar-refractivity contribution is 5.10. The molecule has 2 heterocycles. The molecule has 19 heavy (non-hydrogen) atoms. The lowest BCUT2D eigenvalue weighted by Crippen LogP contribution is -2.39. The molecule has 0 aliphatic carbocycles. The minimum absolute atomic E-state index is 0.127. The predicted molar refractivity (Wildman–Crippen MR) is 75.1 cm³/mol. The van der Waals surface area contributed by atoms with Gasteiger partial charge < -0.3 is 10.6 Å². The average Bonchev–Trinajstić information content (AvgIpc) is 2.39. The molecule has 3 nitrogen and oxygen atoms in total. The molecule has 1 saturated heterocycles. The van der Waals surface area contributed by atoms with Crippen LogP contribution in [0.1, 0.15) is 38.4 Å². The second-order valence-corrected chi connectivity index (χ2v) is 5.91. The Morgan fingerprint density at radius 2 is 2.32 bits per heavy atom. The molecule has 1 aromatic rings. The van der Waals surface area contributed by atoms with Crippen molar-refractivity contribution in [3.63, 3.8) is 0 Å². The third-order valence-electron chi connectivity index (χ3n) is 3.99. The Hall–Kier alpha value is -1.00. The van der Waals surface area contributed by atoms with Crippen LogP contribution in [0, 0.1) is 17.7 Å². The molecule has 1 aromatic heterocycles. The normalized spacial score (nSPS) is 24.1. The fourth-order valence-corrected chi connectivity index (χ4v) is 2.85. The maximum absolute atomic E-state index is 12.9. The van der Waals surface area contributed by atoms with Gasteiger partial charge in [0.1, 0.15) is 5.82 Å². The molecule has 0 radical (unpaired) electrons. The summed E-state index contributed by atoms with van der Waals surface area (Å²) in [5.74, 6) is 0.790. The van der Waals surface area contributed by atoms with Crippen molar-refractivity contribution in [1.82, 2.24) is 9.88 Å². The zero-order valence-electron chi connectivity index (χ0n) is 11.8. The van der Waals surface area contributed by atoms with Crippen LogP contribution in [-0.4, -0.2) is 29.5 Å². The molecule has 3 unspecified atom stereocenters. The van der Waals surface area contributed by atoms with E-state index in [1.807, 2.05) is 0 Å². The molecule has 0 aromatic carbocycles. The van der Waals surface area contributed by atoms with Gasteiger partial charge in [0.2, 0.25) is 0 Å². The molecule has 0 bridgehead atoms. The number of nitrogens with two attached hydrogens (primary N) is 1. The number of hydrogen-bond donors (Lipinski definition) is 1. The Morgan fingerprint density at radius 3 is 2.95 bits per heavy atom. The van der Waals surface area contributed by atoms with Gasteiger partial charge in [-0.25, -0.2) is 4.39 Å². The molecule has 0 spiro atoms. The van der Waals surface area contributed by atoms with Crippen LogP contribution in [0.5, 0.6) is 0 Å². The minimum atomic E-state index is -0.312. The van der Waals surface area contributed by atoms with E-state index >= 15 is 0 Å². The van der Waals surface area contributed by atoms with Crippen molar-refractivity contribution in [2.75, 3.05) is 19.6 Å². The number of nitrogens with zero attached hydrogens (tertiary/aromatic N) is 2. The molecular formula is C15H24FN3. The lowest BCUT2D eigenvalue weighted by atomic mass is 9.95. The Labute approximate surface area is 115 Å². The molecule has 0 amide bonds. The fraction of sp³-hybridized carbons (Fsp3) is 0.667. The summed E-state index contributed by atoms with van der Waals surface area (Å²) >= 11 is 0. The van der Waals surface area contributed by atoms with Crippen LogP contribution in [0.15, 0.2) is 18.3 Å². The number of piperidine rings is 1. The van der Waals surface area contributed by atoms with Gasteiger partial charge in [0, 0.05) is 13.1 Å². The minimum Gasteiger partial charge on any atom is -0.322 e. The highest BCUT2D eigenvalue weighted by atomic mass is 19.1. The van der Waals surface area contributed by atoms with Gasteiger partial charge in [0.15, 0.2) is 0 Å². The smallest absolute Gasteiger partial charge is 0.141 e. The zero-order valence-corrected chi connectivity index (χ0v) is 11.8.